The van der Waals surface area contributed by atoms with E-state index in [1.807, 2.05) is 6.07 Å². The quantitative estimate of drug-likeness (QED) is 0.568. The standard InChI is InChI=1S/C21H22N4O5/c1-5-30-21-18-17(14-7-6-13(9-22)8-15(14)29-4)16(20(23)26)12(3)25(28)19(18)11(2)10-24(21)27/h6-8,10,17,28H,5H2,1-4H3,(H2,23,26). The summed E-state index contributed by atoms with van der Waals surface area (Å²) in [6, 6.07) is 6.80. The Bertz CT molecular complexity index is 1100. The van der Waals surface area contributed by atoms with Gasteiger partial charge in [0.1, 0.15) is 11.3 Å². The summed E-state index contributed by atoms with van der Waals surface area (Å²) in [7, 11) is 1.44. The molecule has 0 fully saturated rings. The minimum Gasteiger partial charge on any atom is -0.616 e. The summed E-state index contributed by atoms with van der Waals surface area (Å²) < 4.78 is 11.7. The minimum absolute atomic E-state index is 0.0557. The van der Waals surface area contributed by atoms with Crippen molar-refractivity contribution in [1.82, 2.24) is 0 Å². The lowest BCUT2D eigenvalue weighted by Gasteiger charge is -2.35. The number of fused-ring (bicyclic) bond motifs is 1. The number of nitriles is 1. The number of nitrogens with two attached hydrogens (primary N) is 1. The molecule has 1 aromatic carbocycles. The van der Waals surface area contributed by atoms with Gasteiger partial charge in [-0.2, -0.15) is 5.26 Å². The van der Waals surface area contributed by atoms with Crippen molar-refractivity contribution in [1.29, 1.82) is 5.26 Å². The predicted octanol–water partition coefficient (Wildman–Crippen LogP) is 2.01. The van der Waals surface area contributed by atoms with E-state index in [0.29, 0.717) is 32.9 Å². The number of pyridine rings is 1. The first-order valence-corrected chi connectivity index (χ1v) is 9.23. The summed E-state index contributed by atoms with van der Waals surface area (Å²) in [5.74, 6) is -1.34. The van der Waals surface area contributed by atoms with Gasteiger partial charge in [-0.25, -0.2) is 5.06 Å². The van der Waals surface area contributed by atoms with Crippen molar-refractivity contribution >= 4 is 11.6 Å². The van der Waals surface area contributed by atoms with Crippen LogP contribution in [0.1, 0.15) is 42.0 Å². The number of hydroxylamine groups is 1. The highest BCUT2D eigenvalue weighted by atomic mass is 16.5. The Morgan fingerprint density at radius 3 is 2.70 bits per heavy atom. The summed E-state index contributed by atoms with van der Waals surface area (Å²) in [5, 5.41) is 33.6. The Hall–Kier alpha value is -3.77. The molecule has 0 radical (unpaired) electrons. The second-order valence-corrected chi connectivity index (χ2v) is 6.82. The maximum Gasteiger partial charge on any atom is 0.385 e. The normalized spacial score (nSPS) is 15.5. The second kappa shape index (κ2) is 7.93. The number of anilines is 1. The van der Waals surface area contributed by atoms with Crippen LogP contribution in [0, 0.1) is 23.5 Å². The molecule has 0 saturated heterocycles. The fraction of sp³-hybridized carbons (Fsp3) is 0.286. The third kappa shape index (κ3) is 3.17. The highest BCUT2D eigenvalue weighted by molar-refractivity contribution is 5.98. The lowest BCUT2D eigenvalue weighted by atomic mass is 9.79. The third-order valence-electron chi connectivity index (χ3n) is 5.09. The third-order valence-corrected chi connectivity index (χ3v) is 5.09. The number of aryl methyl sites for hydroxylation is 1. The van der Waals surface area contributed by atoms with Gasteiger partial charge >= 0.3 is 5.88 Å². The molecule has 1 aliphatic heterocycles. The molecule has 1 atom stereocenters. The number of ether oxygens (including phenoxy) is 2. The number of nitrogens with zero attached hydrogens (tertiary/aromatic N) is 3. The van der Waals surface area contributed by atoms with Gasteiger partial charge in [0, 0.05) is 11.1 Å². The first kappa shape index (κ1) is 21.0. The van der Waals surface area contributed by atoms with Crippen LogP contribution in [0.15, 0.2) is 35.7 Å². The van der Waals surface area contributed by atoms with Gasteiger partial charge in [-0.15, -0.1) is 4.73 Å². The molecule has 3 rings (SSSR count). The van der Waals surface area contributed by atoms with Crippen molar-refractivity contribution < 1.29 is 24.2 Å². The van der Waals surface area contributed by atoms with Gasteiger partial charge in [0.05, 0.1) is 48.2 Å². The van der Waals surface area contributed by atoms with Gasteiger partial charge in [0.2, 0.25) is 5.91 Å². The fourth-order valence-electron chi connectivity index (χ4n) is 3.83. The van der Waals surface area contributed by atoms with Gasteiger partial charge in [-0.3, -0.25) is 10.0 Å². The van der Waals surface area contributed by atoms with Crippen LogP contribution in [0.2, 0.25) is 0 Å². The lowest BCUT2D eigenvalue weighted by molar-refractivity contribution is -0.613. The second-order valence-electron chi connectivity index (χ2n) is 6.82. The lowest BCUT2D eigenvalue weighted by Crippen LogP contribution is -2.38. The van der Waals surface area contributed by atoms with E-state index in [9.17, 15) is 20.5 Å². The molecule has 1 unspecified atom stereocenters. The van der Waals surface area contributed by atoms with E-state index < -0.39 is 11.8 Å². The number of primary amides is 1. The maximum absolute atomic E-state index is 12.7. The molecule has 0 bridgehead atoms. The van der Waals surface area contributed by atoms with Crippen molar-refractivity contribution in [3.05, 3.63) is 63.1 Å². The number of hydrogen-bond acceptors (Lipinski definition) is 7. The fourth-order valence-corrected chi connectivity index (χ4v) is 3.83. The van der Waals surface area contributed by atoms with E-state index in [1.165, 1.54) is 19.4 Å². The zero-order valence-electron chi connectivity index (χ0n) is 17.1. The number of rotatable bonds is 5. The zero-order chi connectivity index (χ0) is 22.2. The van der Waals surface area contributed by atoms with Crippen molar-refractivity contribution in [2.24, 2.45) is 5.73 Å². The van der Waals surface area contributed by atoms with Crippen molar-refractivity contribution in [3.8, 4) is 17.7 Å². The minimum atomic E-state index is -0.856. The molecule has 2 heterocycles. The van der Waals surface area contributed by atoms with Crippen LogP contribution in [0.3, 0.4) is 0 Å². The summed E-state index contributed by atoms with van der Waals surface area (Å²) >= 11 is 0. The van der Waals surface area contributed by atoms with Gasteiger partial charge in [-0.1, -0.05) is 6.07 Å². The molecule has 3 N–H and O–H groups in total. The van der Waals surface area contributed by atoms with E-state index in [1.54, 1.807) is 32.9 Å². The first-order chi connectivity index (χ1) is 14.3. The molecule has 2 aromatic rings. The molecule has 30 heavy (non-hydrogen) atoms. The van der Waals surface area contributed by atoms with E-state index in [4.69, 9.17) is 15.2 Å². The Kier molecular flexibility index (Phi) is 5.54. The number of amides is 1. The number of hydrogen-bond donors (Lipinski definition) is 2. The summed E-state index contributed by atoms with van der Waals surface area (Å²) in [5.41, 5.74) is 7.97. The molecule has 9 heteroatoms. The van der Waals surface area contributed by atoms with Crippen LogP contribution in [-0.2, 0) is 4.79 Å². The van der Waals surface area contributed by atoms with Crippen LogP contribution in [0.5, 0.6) is 11.6 Å². The van der Waals surface area contributed by atoms with Gasteiger partial charge in [0.15, 0.2) is 6.20 Å². The van der Waals surface area contributed by atoms with Crippen LogP contribution in [0.4, 0.5) is 5.69 Å². The van der Waals surface area contributed by atoms with Crippen LogP contribution in [-0.4, -0.2) is 24.8 Å². The largest absolute Gasteiger partial charge is 0.616 e. The van der Waals surface area contributed by atoms with Crippen LogP contribution < -0.4 is 25.0 Å². The maximum atomic E-state index is 12.7. The summed E-state index contributed by atoms with van der Waals surface area (Å²) in [6.07, 6.45) is 1.29. The van der Waals surface area contributed by atoms with Crippen molar-refractivity contribution in [2.45, 2.75) is 26.7 Å². The van der Waals surface area contributed by atoms with Crippen LogP contribution >= 0.6 is 0 Å². The van der Waals surface area contributed by atoms with E-state index >= 15 is 0 Å². The Balaban J connectivity index is 2.47. The topological polar surface area (TPSA) is 136 Å². The number of carbonyl (C=O) groups is 1. The number of carbonyl (C=O) groups excluding carboxylic acids is 1. The molecular weight excluding hydrogens is 388 g/mol. The molecule has 1 aromatic heterocycles. The highest BCUT2D eigenvalue weighted by Crippen LogP contribution is 2.50. The van der Waals surface area contributed by atoms with E-state index in [2.05, 4.69) is 0 Å². The molecule has 0 saturated carbocycles. The predicted molar refractivity (Wildman–Crippen MR) is 107 cm³/mol. The monoisotopic (exact) mass is 410 g/mol. The molecular formula is C21H22N4O5. The number of aromatic nitrogens is 1. The zero-order valence-corrected chi connectivity index (χ0v) is 17.1. The van der Waals surface area contributed by atoms with E-state index in [0.717, 1.165) is 5.06 Å². The number of methoxy groups -OCH3 is 1. The van der Waals surface area contributed by atoms with Crippen molar-refractivity contribution in [2.75, 3.05) is 18.8 Å². The Labute approximate surface area is 173 Å². The van der Waals surface area contributed by atoms with E-state index in [-0.39, 0.29) is 29.3 Å². The summed E-state index contributed by atoms with van der Waals surface area (Å²) in [4.78, 5) is 12.5. The SMILES string of the molecule is CCOc1c2c(c(C)c[n+]1[O-])N(O)C(C)=C(C(N)=O)C2c1ccc(C#N)cc1OC. The highest BCUT2D eigenvalue weighted by Gasteiger charge is 2.42. The average molecular weight is 410 g/mol. The van der Waals surface area contributed by atoms with Gasteiger partial charge in [-0.05, 0) is 32.9 Å². The van der Waals surface area contributed by atoms with Gasteiger partial charge in [0.25, 0.3) is 0 Å². The Morgan fingerprint density at radius 2 is 2.13 bits per heavy atom. The molecule has 1 aliphatic rings. The number of allylic oxidation sites excluding steroid dienone is 1. The average Bonchev–Trinajstić information content (AvgIpc) is 2.71. The Morgan fingerprint density at radius 1 is 1.43 bits per heavy atom. The number of benzene rings is 1. The molecule has 0 spiro atoms. The summed E-state index contributed by atoms with van der Waals surface area (Å²) in [6.45, 7) is 5.14. The smallest absolute Gasteiger partial charge is 0.385 e. The molecule has 1 amide bonds. The van der Waals surface area contributed by atoms with Gasteiger partial charge < -0.3 is 20.4 Å². The molecule has 0 aliphatic carbocycles. The first-order valence-electron chi connectivity index (χ1n) is 9.23. The molecule has 156 valence electrons. The van der Waals surface area contributed by atoms with Crippen molar-refractivity contribution in [3.63, 3.8) is 0 Å². The molecule has 9 nitrogen and oxygen atoms in total. The van der Waals surface area contributed by atoms with Crippen LogP contribution in [0.25, 0.3) is 0 Å².